The van der Waals surface area contributed by atoms with E-state index < -0.39 is 0 Å². The van der Waals surface area contributed by atoms with Crippen LogP contribution in [0.3, 0.4) is 0 Å². The minimum absolute atomic E-state index is 0.665. The SMILES string of the molecule is CC(CN)CCN1CCCN(C)CC1C. The van der Waals surface area contributed by atoms with Crippen molar-refractivity contribution in [2.75, 3.05) is 39.8 Å². The quantitative estimate of drug-likeness (QED) is 0.756. The summed E-state index contributed by atoms with van der Waals surface area (Å²) in [6.45, 7) is 10.3. The maximum Gasteiger partial charge on any atom is 0.0194 e. The molecule has 90 valence electrons. The van der Waals surface area contributed by atoms with E-state index in [0.717, 1.165) is 6.54 Å². The van der Waals surface area contributed by atoms with Crippen LogP contribution in [0, 0.1) is 5.92 Å². The highest BCUT2D eigenvalue weighted by Crippen LogP contribution is 2.11. The third-order valence-electron chi connectivity index (χ3n) is 3.50. The monoisotopic (exact) mass is 213 g/mol. The highest BCUT2D eigenvalue weighted by atomic mass is 15.2. The van der Waals surface area contributed by atoms with Crippen molar-refractivity contribution in [2.45, 2.75) is 32.7 Å². The Morgan fingerprint density at radius 2 is 2.13 bits per heavy atom. The molecule has 1 saturated heterocycles. The minimum Gasteiger partial charge on any atom is -0.330 e. The van der Waals surface area contributed by atoms with Gasteiger partial charge in [-0.25, -0.2) is 0 Å². The standard InChI is InChI=1S/C12H27N3/c1-11(9-13)5-8-15-7-4-6-14(3)10-12(15)2/h11-12H,4-10,13H2,1-3H3. The molecule has 1 fully saturated rings. The third-order valence-corrected chi connectivity index (χ3v) is 3.50. The summed E-state index contributed by atoms with van der Waals surface area (Å²) in [5.74, 6) is 0.665. The van der Waals surface area contributed by atoms with Gasteiger partial charge in [0.15, 0.2) is 0 Å². The predicted octanol–water partition coefficient (Wildman–Crippen LogP) is 0.997. The highest BCUT2D eigenvalue weighted by molar-refractivity contribution is 4.75. The van der Waals surface area contributed by atoms with E-state index >= 15 is 0 Å². The van der Waals surface area contributed by atoms with Crippen LogP contribution in [0.2, 0.25) is 0 Å². The third kappa shape index (κ3) is 4.49. The Bertz CT molecular complexity index is 172. The number of likely N-dealkylation sites (N-methyl/N-ethyl adjacent to an activating group) is 1. The van der Waals surface area contributed by atoms with E-state index in [1.807, 2.05) is 0 Å². The van der Waals surface area contributed by atoms with E-state index in [2.05, 4.69) is 30.7 Å². The van der Waals surface area contributed by atoms with Crippen LogP contribution in [0.15, 0.2) is 0 Å². The molecule has 0 bridgehead atoms. The van der Waals surface area contributed by atoms with E-state index in [1.54, 1.807) is 0 Å². The summed E-state index contributed by atoms with van der Waals surface area (Å²) in [6, 6.07) is 0.697. The molecule has 0 aliphatic carbocycles. The van der Waals surface area contributed by atoms with Crippen LogP contribution in [-0.4, -0.2) is 55.6 Å². The summed E-state index contributed by atoms with van der Waals surface area (Å²) < 4.78 is 0. The summed E-state index contributed by atoms with van der Waals surface area (Å²) in [4.78, 5) is 5.06. The van der Waals surface area contributed by atoms with Gasteiger partial charge in [-0.05, 0) is 58.9 Å². The van der Waals surface area contributed by atoms with E-state index in [9.17, 15) is 0 Å². The van der Waals surface area contributed by atoms with Crippen LogP contribution < -0.4 is 5.73 Å². The summed E-state index contributed by atoms with van der Waals surface area (Å²) in [5.41, 5.74) is 5.65. The van der Waals surface area contributed by atoms with Gasteiger partial charge in [-0.1, -0.05) is 6.92 Å². The van der Waals surface area contributed by atoms with Gasteiger partial charge >= 0.3 is 0 Å². The maximum atomic E-state index is 5.65. The zero-order chi connectivity index (χ0) is 11.3. The fourth-order valence-electron chi connectivity index (χ4n) is 2.26. The van der Waals surface area contributed by atoms with Crippen LogP contribution in [-0.2, 0) is 0 Å². The topological polar surface area (TPSA) is 32.5 Å². The number of nitrogens with two attached hydrogens (primary N) is 1. The van der Waals surface area contributed by atoms with Gasteiger partial charge in [0.25, 0.3) is 0 Å². The number of rotatable bonds is 4. The fraction of sp³-hybridized carbons (Fsp3) is 1.00. The van der Waals surface area contributed by atoms with Crippen molar-refractivity contribution in [1.82, 2.24) is 9.80 Å². The first kappa shape index (κ1) is 12.9. The van der Waals surface area contributed by atoms with Gasteiger partial charge in [0.1, 0.15) is 0 Å². The second-order valence-corrected chi connectivity index (χ2v) is 5.13. The van der Waals surface area contributed by atoms with Crippen molar-refractivity contribution < 1.29 is 0 Å². The predicted molar refractivity (Wildman–Crippen MR) is 66.0 cm³/mol. The number of hydrogen-bond donors (Lipinski definition) is 1. The second-order valence-electron chi connectivity index (χ2n) is 5.13. The van der Waals surface area contributed by atoms with Crippen molar-refractivity contribution in [1.29, 1.82) is 0 Å². The van der Waals surface area contributed by atoms with Crippen LogP contribution >= 0.6 is 0 Å². The molecule has 0 aromatic heterocycles. The lowest BCUT2D eigenvalue weighted by molar-refractivity contribution is 0.192. The molecule has 3 nitrogen and oxygen atoms in total. The van der Waals surface area contributed by atoms with E-state index in [-0.39, 0.29) is 0 Å². The van der Waals surface area contributed by atoms with Crippen molar-refractivity contribution in [3.05, 3.63) is 0 Å². The molecule has 0 aromatic carbocycles. The molecule has 1 aliphatic rings. The molecular weight excluding hydrogens is 186 g/mol. The molecule has 2 N–H and O–H groups in total. The fourth-order valence-corrected chi connectivity index (χ4v) is 2.26. The van der Waals surface area contributed by atoms with Crippen molar-refractivity contribution >= 4 is 0 Å². The Morgan fingerprint density at radius 3 is 2.80 bits per heavy atom. The van der Waals surface area contributed by atoms with Gasteiger partial charge in [-0.3, -0.25) is 4.90 Å². The van der Waals surface area contributed by atoms with E-state index in [0.29, 0.717) is 12.0 Å². The molecule has 1 aliphatic heterocycles. The Morgan fingerprint density at radius 1 is 1.40 bits per heavy atom. The summed E-state index contributed by atoms with van der Waals surface area (Å²) in [5, 5.41) is 0. The first-order chi connectivity index (χ1) is 7.13. The van der Waals surface area contributed by atoms with Gasteiger partial charge < -0.3 is 10.6 Å². The molecule has 1 heterocycles. The lowest BCUT2D eigenvalue weighted by Gasteiger charge is -2.28. The Balaban J connectivity index is 2.32. The van der Waals surface area contributed by atoms with E-state index in [4.69, 9.17) is 5.73 Å². The Kier molecular flexibility index (Phi) is 5.58. The summed E-state index contributed by atoms with van der Waals surface area (Å²) in [7, 11) is 2.22. The Hall–Kier alpha value is -0.120. The van der Waals surface area contributed by atoms with Gasteiger partial charge in [-0.15, -0.1) is 0 Å². The average molecular weight is 213 g/mol. The van der Waals surface area contributed by atoms with Crippen molar-refractivity contribution in [3.8, 4) is 0 Å². The zero-order valence-electron chi connectivity index (χ0n) is 10.6. The van der Waals surface area contributed by atoms with Crippen LogP contribution in [0.25, 0.3) is 0 Å². The second kappa shape index (κ2) is 6.46. The molecule has 1 rings (SSSR count). The van der Waals surface area contributed by atoms with Crippen molar-refractivity contribution in [2.24, 2.45) is 11.7 Å². The molecule has 0 saturated carbocycles. The van der Waals surface area contributed by atoms with Crippen LogP contribution in [0.4, 0.5) is 0 Å². The summed E-state index contributed by atoms with van der Waals surface area (Å²) >= 11 is 0. The zero-order valence-corrected chi connectivity index (χ0v) is 10.6. The number of nitrogens with zero attached hydrogens (tertiary/aromatic N) is 2. The lowest BCUT2D eigenvalue weighted by Crippen LogP contribution is -2.39. The van der Waals surface area contributed by atoms with Gasteiger partial charge in [0, 0.05) is 12.6 Å². The Labute approximate surface area is 94.6 Å². The number of hydrogen-bond acceptors (Lipinski definition) is 3. The molecule has 0 radical (unpaired) electrons. The highest BCUT2D eigenvalue weighted by Gasteiger charge is 2.19. The summed E-state index contributed by atoms with van der Waals surface area (Å²) in [6.07, 6.45) is 2.54. The normalized spacial score (nSPS) is 27.6. The smallest absolute Gasteiger partial charge is 0.0194 e. The maximum absolute atomic E-state index is 5.65. The molecule has 0 amide bonds. The molecule has 15 heavy (non-hydrogen) atoms. The largest absolute Gasteiger partial charge is 0.330 e. The molecule has 0 aromatic rings. The first-order valence-corrected chi connectivity index (χ1v) is 6.26. The van der Waals surface area contributed by atoms with Gasteiger partial charge in [0.2, 0.25) is 0 Å². The van der Waals surface area contributed by atoms with Crippen LogP contribution in [0.1, 0.15) is 26.7 Å². The molecule has 3 heteroatoms. The lowest BCUT2D eigenvalue weighted by atomic mass is 10.1. The van der Waals surface area contributed by atoms with Crippen LogP contribution in [0.5, 0.6) is 0 Å². The van der Waals surface area contributed by atoms with E-state index in [1.165, 1.54) is 39.0 Å². The minimum atomic E-state index is 0.665. The van der Waals surface area contributed by atoms with Gasteiger partial charge in [-0.2, -0.15) is 0 Å². The first-order valence-electron chi connectivity index (χ1n) is 6.26. The van der Waals surface area contributed by atoms with Gasteiger partial charge in [0.05, 0.1) is 0 Å². The molecule has 2 unspecified atom stereocenters. The average Bonchev–Trinajstić information content (AvgIpc) is 2.36. The van der Waals surface area contributed by atoms with Crippen molar-refractivity contribution in [3.63, 3.8) is 0 Å². The molecule has 2 atom stereocenters. The molecular formula is C12H27N3. The molecule has 0 spiro atoms.